The third-order valence-corrected chi connectivity index (χ3v) is 6.53. The van der Waals surface area contributed by atoms with Crippen LogP contribution in [0.4, 0.5) is 0 Å². The van der Waals surface area contributed by atoms with E-state index in [9.17, 15) is 19.8 Å². The molecule has 37 heavy (non-hydrogen) atoms. The van der Waals surface area contributed by atoms with Gasteiger partial charge in [-0.3, -0.25) is 9.59 Å². The molecule has 0 saturated heterocycles. The molecule has 0 aliphatic heterocycles. The first-order chi connectivity index (χ1) is 17.5. The summed E-state index contributed by atoms with van der Waals surface area (Å²) in [6.45, 7) is 9.39. The van der Waals surface area contributed by atoms with Crippen LogP contribution in [-0.4, -0.2) is 42.1 Å². The van der Waals surface area contributed by atoms with Crippen molar-refractivity contribution in [1.82, 2.24) is 19.9 Å². The highest BCUT2D eigenvalue weighted by Crippen LogP contribution is 2.35. The van der Waals surface area contributed by atoms with Crippen molar-refractivity contribution in [2.24, 2.45) is 11.3 Å². The third-order valence-electron chi connectivity index (χ3n) is 6.53. The molecule has 0 saturated carbocycles. The van der Waals surface area contributed by atoms with E-state index >= 15 is 0 Å². The van der Waals surface area contributed by atoms with Gasteiger partial charge in [-0.1, -0.05) is 83.1 Å². The quantitative estimate of drug-likeness (QED) is 0.229. The summed E-state index contributed by atoms with van der Waals surface area (Å²) in [5.74, 6) is -2.38. The molecule has 4 N–H and O–H groups in total. The van der Waals surface area contributed by atoms with Gasteiger partial charge in [-0.2, -0.15) is 0 Å². The lowest BCUT2D eigenvalue weighted by Crippen LogP contribution is -2.27. The number of benzene rings is 2. The van der Waals surface area contributed by atoms with Gasteiger partial charge in [-0.15, -0.1) is 0 Å². The zero-order valence-corrected chi connectivity index (χ0v) is 21.6. The Balaban J connectivity index is 1.52. The third kappa shape index (κ3) is 5.48. The molecular formula is C29H32N4O4. The molecule has 2 heterocycles. The summed E-state index contributed by atoms with van der Waals surface area (Å²) < 4.78 is 0. The largest absolute Gasteiger partial charge is 0.481 e. The van der Waals surface area contributed by atoms with Crippen LogP contribution in [0.25, 0.3) is 33.6 Å². The highest BCUT2D eigenvalue weighted by molar-refractivity contribution is 5.77. The van der Waals surface area contributed by atoms with Crippen LogP contribution in [0.3, 0.4) is 0 Å². The molecule has 2 aromatic heterocycles. The van der Waals surface area contributed by atoms with Crippen molar-refractivity contribution in [3.05, 3.63) is 72.6 Å². The molecule has 0 aliphatic carbocycles. The number of aromatic nitrogens is 4. The van der Waals surface area contributed by atoms with E-state index in [4.69, 9.17) is 0 Å². The second-order valence-corrected chi connectivity index (χ2v) is 10.7. The zero-order valence-electron chi connectivity index (χ0n) is 21.6. The zero-order chi connectivity index (χ0) is 26.9. The molecule has 0 amide bonds. The van der Waals surface area contributed by atoms with E-state index in [0.717, 1.165) is 33.6 Å². The lowest BCUT2D eigenvalue weighted by Gasteiger charge is -2.25. The van der Waals surface area contributed by atoms with Gasteiger partial charge in [0.15, 0.2) is 0 Å². The molecule has 0 aliphatic rings. The standard InChI is InChI=1S/C29H32N4O4/c1-16(2)23(27(34)35)25-30-14-21(32-25)19-10-6-17(7-11-19)18-8-12-20(13-9-18)22-15-31-26(33-22)24(28(36)37)29(3,4)5/h6-16,23-24H,1-5H3,(H,30,32)(H,31,33)(H,34,35)(H,36,37). The smallest absolute Gasteiger partial charge is 0.314 e. The molecule has 0 bridgehead atoms. The number of carbonyl (C=O) groups is 2. The average Bonchev–Trinajstić information content (AvgIpc) is 3.48. The first kappa shape index (κ1) is 25.9. The number of aromatic amines is 2. The molecule has 192 valence electrons. The lowest BCUT2D eigenvalue weighted by molar-refractivity contribution is -0.142. The minimum absolute atomic E-state index is 0.0766. The molecule has 2 unspecified atom stereocenters. The minimum Gasteiger partial charge on any atom is -0.481 e. The van der Waals surface area contributed by atoms with Crippen LogP contribution in [-0.2, 0) is 9.59 Å². The Labute approximate surface area is 215 Å². The van der Waals surface area contributed by atoms with Crippen LogP contribution < -0.4 is 0 Å². The van der Waals surface area contributed by atoms with Crippen molar-refractivity contribution in [1.29, 1.82) is 0 Å². The Morgan fingerprint density at radius 1 is 0.703 bits per heavy atom. The predicted octanol–water partition coefficient (Wildman–Crippen LogP) is 6.17. The van der Waals surface area contributed by atoms with Gasteiger partial charge in [0.1, 0.15) is 23.5 Å². The molecule has 4 aromatic rings. The fraction of sp³-hybridized carbons (Fsp3) is 0.310. The first-order valence-corrected chi connectivity index (χ1v) is 12.2. The number of H-pyrrole nitrogens is 2. The second-order valence-electron chi connectivity index (χ2n) is 10.7. The monoisotopic (exact) mass is 500 g/mol. The summed E-state index contributed by atoms with van der Waals surface area (Å²) >= 11 is 0. The van der Waals surface area contributed by atoms with Gasteiger partial charge >= 0.3 is 11.9 Å². The molecule has 2 atom stereocenters. The highest BCUT2D eigenvalue weighted by atomic mass is 16.4. The second kappa shape index (κ2) is 10.0. The Kier molecular flexibility index (Phi) is 7.03. The summed E-state index contributed by atoms with van der Waals surface area (Å²) in [6.07, 6.45) is 3.35. The molecule has 2 aromatic carbocycles. The van der Waals surface area contributed by atoms with Crippen molar-refractivity contribution >= 4 is 11.9 Å². The van der Waals surface area contributed by atoms with Crippen LogP contribution in [0, 0.1) is 11.3 Å². The number of imidazole rings is 2. The molecule has 0 fully saturated rings. The maximum absolute atomic E-state index is 11.8. The first-order valence-electron chi connectivity index (χ1n) is 12.2. The van der Waals surface area contributed by atoms with Crippen LogP contribution in [0.1, 0.15) is 58.1 Å². The van der Waals surface area contributed by atoms with Gasteiger partial charge in [0, 0.05) is 0 Å². The Hall–Kier alpha value is -4.20. The number of carboxylic acids is 2. The maximum atomic E-state index is 11.8. The number of nitrogens with zero attached hydrogens (tertiary/aromatic N) is 2. The fourth-order valence-corrected chi connectivity index (χ4v) is 4.57. The number of rotatable bonds is 8. The molecule has 8 heteroatoms. The summed E-state index contributed by atoms with van der Waals surface area (Å²) in [5, 5.41) is 19.2. The summed E-state index contributed by atoms with van der Waals surface area (Å²) in [6, 6.07) is 16.0. The molecule has 8 nitrogen and oxygen atoms in total. The van der Waals surface area contributed by atoms with Crippen molar-refractivity contribution in [2.75, 3.05) is 0 Å². The van der Waals surface area contributed by atoms with E-state index < -0.39 is 29.2 Å². The number of hydrogen-bond donors (Lipinski definition) is 4. The summed E-state index contributed by atoms with van der Waals surface area (Å²) in [4.78, 5) is 38.4. The van der Waals surface area contributed by atoms with Gasteiger partial charge in [-0.25, -0.2) is 9.97 Å². The predicted molar refractivity (Wildman–Crippen MR) is 142 cm³/mol. The van der Waals surface area contributed by atoms with Crippen molar-refractivity contribution in [3.8, 4) is 33.6 Å². The Bertz CT molecular complexity index is 1390. The van der Waals surface area contributed by atoms with E-state index in [2.05, 4.69) is 19.9 Å². The number of hydrogen-bond acceptors (Lipinski definition) is 4. The summed E-state index contributed by atoms with van der Waals surface area (Å²) in [5.41, 5.74) is 4.97. The van der Waals surface area contributed by atoms with Gasteiger partial charge in [0.2, 0.25) is 0 Å². The van der Waals surface area contributed by atoms with Crippen LogP contribution in [0.15, 0.2) is 60.9 Å². The Morgan fingerprint density at radius 2 is 1.11 bits per heavy atom. The number of carboxylic acid groups (broad SMARTS) is 2. The van der Waals surface area contributed by atoms with Crippen molar-refractivity contribution < 1.29 is 19.8 Å². The van der Waals surface area contributed by atoms with Gasteiger partial charge in [0.25, 0.3) is 0 Å². The van der Waals surface area contributed by atoms with Gasteiger partial charge in [0.05, 0.1) is 23.8 Å². The van der Waals surface area contributed by atoms with Gasteiger partial charge in [-0.05, 0) is 33.6 Å². The maximum Gasteiger partial charge on any atom is 0.314 e. The molecule has 4 rings (SSSR count). The Morgan fingerprint density at radius 3 is 1.49 bits per heavy atom. The van der Waals surface area contributed by atoms with E-state index in [1.165, 1.54) is 0 Å². The van der Waals surface area contributed by atoms with Gasteiger partial charge < -0.3 is 20.2 Å². The highest BCUT2D eigenvalue weighted by Gasteiger charge is 2.35. The minimum atomic E-state index is -0.903. The normalized spacial score (nSPS) is 13.5. The van der Waals surface area contributed by atoms with E-state index in [-0.39, 0.29) is 5.92 Å². The van der Waals surface area contributed by atoms with Crippen LogP contribution >= 0.6 is 0 Å². The van der Waals surface area contributed by atoms with E-state index in [1.807, 2.05) is 83.1 Å². The average molecular weight is 501 g/mol. The molecular weight excluding hydrogens is 468 g/mol. The van der Waals surface area contributed by atoms with Crippen molar-refractivity contribution in [3.63, 3.8) is 0 Å². The topological polar surface area (TPSA) is 132 Å². The number of nitrogens with one attached hydrogen (secondary N) is 2. The lowest BCUT2D eigenvalue weighted by atomic mass is 9.80. The number of aliphatic carboxylic acids is 2. The fourth-order valence-electron chi connectivity index (χ4n) is 4.57. The molecule has 0 radical (unpaired) electrons. The molecule has 0 spiro atoms. The van der Waals surface area contributed by atoms with Crippen molar-refractivity contribution in [2.45, 2.75) is 46.5 Å². The summed E-state index contributed by atoms with van der Waals surface area (Å²) in [7, 11) is 0. The SMILES string of the molecule is CC(C)C(C(=O)O)c1ncc(-c2ccc(-c3ccc(-c4cnc(C(C(=O)O)C(C)(C)C)[nH]4)cc3)cc2)[nH]1. The van der Waals surface area contributed by atoms with E-state index in [0.29, 0.717) is 11.6 Å². The van der Waals surface area contributed by atoms with Crippen LogP contribution in [0.2, 0.25) is 0 Å². The van der Waals surface area contributed by atoms with E-state index in [1.54, 1.807) is 12.4 Å². The van der Waals surface area contributed by atoms with Crippen LogP contribution in [0.5, 0.6) is 0 Å².